The van der Waals surface area contributed by atoms with Crippen molar-refractivity contribution in [2.24, 2.45) is 5.92 Å². The molecule has 2 aromatic carbocycles. The second-order valence-corrected chi connectivity index (χ2v) is 10.3. The molecule has 0 unspecified atom stereocenters. The fourth-order valence-corrected chi connectivity index (χ4v) is 5.37. The third-order valence-corrected chi connectivity index (χ3v) is 7.53. The third kappa shape index (κ3) is 7.36. The molecule has 1 fully saturated rings. The molecule has 1 saturated carbocycles. The molecule has 0 bridgehead atoms. The summed E-state index contributed by atoms with van der Waals surface area (Å²) in [4.78, 5) is 14.0. The van der Waals surface area contributed by atoms with Gasteiger partial charge in [0.1, 0.15) is 12.4 Å². The first kappa shape index (κ1) is 28.6. The number of carboxylic acid groups (broad SMARTS) is 1. The molecule has 3 N–H and O–H groups in total. The van der Waals surface area contributed by atoms with Gasteiger partial charge in [0.25, 0.3) is 0 Å². The van der Waals surface area contributed by atoms with Gasteiger partial charge in [0.2, 0.25) is 0 Å². The summed E-state index contributed by atoms with van der Waals surface area (Å²) in [7, 11) is 1.54. The average molecular weight is 561 g/mol. The number of nitrogens with zero attached hydrogens (tertiary/aromatic N) is 2. The summed E-state index contributed by atoms with van der Waals surface area (Å²) in [6, 6.07) is 12.3. The monoisotopic (exact) mass is 560 g/mol. The van der Waals surface area contributed by atoms with Gasteiger partial charge in [0.15, 0.2) is 23.3 Å². The van der Waals surface area contributed by atoms with E-state index in [4.69, 9.17) is 21.1 Å². The maximum atomic E-state index is 14.4. The first-order valence-electron chi connectivity index (χ1n) is 13.0. The Morgan fingerprint density at radius 1 is 1.10 bits per heavy atom. The van der Waals surface area contributed by atoms with Crippen LogP contribution in [0.2, 0.25) is 5.02 Å². The highest BCUT2D eigenvalue weighted by atomic mass is 35.5. The molecule has 1 atom stereocenters. The van der Waals surface area contributed by atoms with Crippen LogP contribution >= 0.6 is 11.6 Å². The first-order valence-corrected chi connectivity index (χ1v) is 13.4. The van der Waals surface area contributed by atoms with Gasteiger partial charge in [-0.15, -0.1) is 0 Å². The molecular weight excluding hydrogens is 527 g/mol. The Morgan fingerprint density at radius 3 is 2.46 bits per heavy atom. The number of hydrogen-bond acceptors (Lipinski definition) is 6. The van der Waals surface area contributed by atoms with Crippen LogP contribution < -0.4 is 9.47 Å². The number of aliphatic carboxylic acids is 1. The van der Waals surface area contributed by atoms with E-state index >= 15 is 0 Å². The molecule has 1 heterocycles. The Bertz CT molecular complexity index is 1260. The Morgan fingerprint density at radius 2 is 1.82 bits per heavy atom. The predicted molar refractivity (Wildman–Crippen MR) is 145 cm³/mol. The number of aromatic hydroxyl groups is 2. The number of methoxy groups -OCH3 is 1. The number of benzene rings is 2. The SMILES string of the molecule is COc1cc(CN(CC2CCCC2)[C@@H](CC(=O)O)c2ccc(Cl)c(F)c2)ccc1OCCn1c(O)ccc1O. The number of carbonyl (C=O) groups is 1. The van der Waals surface area contributed by atoms with Crippen molar-refractivity contribution >= 4 is 17.6 Å². The van der Waals surface area contributed by atoms with E-state index in [1.165, 1.54) is 35.9 Å². The number of carboxylic acids is 1. The van der Waals surface area contributed by atoms with Gasteiger partial charge in [-0.3, -0.25) is 14.3 Å². The third-order valence-electron chi connectivity index (χ3n) is 7.23. The molecule has 0 spiro atoms. The molecule has 4 rings (SSSR count). The summed E-state index contributed by atoms with van der Waals surface area (Å²) < 4.78 is 27.1. The lowest BCUT2D eigenvalue weighted by atomic mass is 9.98. The molecule has 8 nitrogen and oxygen atoms in total. The number of ether oxygens (including phenoxy) is 2. The van der Waals surface area contributed by atoms with Crippen LogP contribution in [0.3, 0.4) is 0 Å². The summed E-state index contributed by atoms with van der Waals surface area (Å²) in [6.07, 6.45) is 4.28. The van der Waals surface area contributed by atoms with Gasteiger partial charge >= 0.3 is 5.97 Å². The van der Waals surface area contributed by atoms with Gasteiger partial charge in [-0.05, 0) is 54.2 Å². The van der Waals surface area contributed by atoms with Crippen LogP contribution in [-0.4, -0.2) is 51.0 Å². The van der Waals surface area contributed by atoms with E-state index in [2.05, 4.69) is 4.90 Å². The molecule has 1 aliphatic carbocycles. The van der Waals surface area contributed by atoms with E-state index in [0.29, 0.717) is 36.1 Å². The van der Waals surface area contributed by atoms with Crippen LogP contribution in [0, 0.1) is 11.7 Å². The van der Waals surface area contributed by atoms with Gasteiger partial charge in [0.05, 0.1) is 25.1 Å². The maximum Gasteiger partial charge on any atom is 0.305 e. The van der Waals surface area contributed by atoms with Gasteiger partial charge in [-0.2, -0.15) is 0 Å². The molecule has 1 aliphatic rings. The van der Waals surface area contributed by atoms with Crippen LogP contribution in [-0.2, 0) is 17.9 Å². The van der Waals surface area contributed by atoms with E-state index in [-0.39, 0.29) is 36.4 Å². The fraction of sp³-hybridized carbons (Fsp3) is 0.414. The summed E-state index contributed by atoms with van der Waals surface area (Å²) in [5, 5.41) is 29.4. The van der Waals surface area contributed by atoms with Crippen LogP contribution in [0.25, 0.3) is 0 Å². The molecule has 3 aromatic rings. The zero-order chi connectivity index (χ0) is 27.9. The number of hydrogen-bond donors (Lipinski definition) is 3. The smallest absolute Gasteiger partial charge is 0.305 e. The molecule has 10 heteroatoms. The van der Waals surface area contributed by atoms with Gasteiger partial charge in [-0.25, -0.2) is 4.39 Å². The topological polar surface area (TPSA) is 104 Å². The zero-order valence-corrected chi connectivity index (χ0v) is 22.6. The second kappa shape index (κ2) is 13.1. The minimum absolute atomic E-state index is 0.00214. The Kier molecular flexibility index (Phi) is 9.59. The molecule has 1 aromatic heterocycles. The summed E-state index contributed by atoms with van der Waals surface area (Å²) >= 11 is 5.91. The average Bonchev–Trinajstić information content (AvgIpc) is 3.54. The highest BCUT2D eigenvalue weighted by Gasteiger charge is 2.28. The van der Waals surface area contributed by atoms with E-state index < -0.39 is 17.8 Å². The Hall–Kier alpha value is -3.43. The molecule has 0 saturated heterocycles. The number of rotatable bonds is 13. The van der Waals surface area contributed by atoms with Crippen LogP contribution in [0.5, 0.6) is 23.3 Å². The second-order valence-electron chi connectivity index (χ2n) is 9.90. The van der Waals surface area contributed by atoms with Gasteiger partial charge in [-0.1, -0.05) is 36.6 Å². The highest BCUT2D eigenvalue weighted by molar-refractivity contribution is 6.30. The van der Waals surface area contributed by atoms with Crippen molar-refractivity contribution < 1.29 is 34.0 Å². The lowest BCUT2D eigenvalue weighted by Gasteiger charge is -2.33. The van der Waals surface area contributed by atoms with Crippen molar-refractivity contribution in [2.75, 3.05) is 20.3 Å². The molecule has 0 aliphatic heterocycles. The molecule has 210 valence electrons. The van der Waals surface area contributed by atoms with Crippen molar-refractivity contribution in [1.29, 1.82) is 0 Å². The van der Waals surface area contributed by atoms with Gasteiger partial charge in [0, 0.05) is 31.3 Å². The lowest BCUT2D eigenvalue weighted by molar-refractivity contribution is -0.138. The van der Waals surface area contributed by atoms with E-state index in [1.54, 1.807) is 12.1 Å². The Balaban J connectivity index is 1.55. The van der Waals surface area contributed by atoms with Crippen molar-refractivity contribution in [1.82, 2.24) is 9.47 Å². The molecule has 0 amide bonds. The normalized spacial score (nSPS) is 14.6. The van der Waals surface area contributed by atoms with Crippen molar-refractivity contribution in [3.05, 3.63) is 70.5 Å². The number of halogens is 2. The first-order chi connectivity index (χ1) is 18.7. The van der Waals surface area contributed by atoms with Crippen molar-refractivity contribution in [3.8, 4) is 23.3 Å². The minimum Gasteiger partial charge on any atom is -0.494 e. The highest BCUT2D eigenvalue weighted by Crippen LogP contribution is 2.35. The Labute approximate surface area is 232 Å². The van der Waals surface area contributed by atoms with Crippen LogP contribution in [0.15, 0.2) is 48.5 Å². The quantitative estimate of drug-likeness (QED) is 0.236. The van der Waals surface area contributed by atoms with Crippen molar-refractivity contribution in [3.63, 3.8) is 0 Å². The van der Waals surface area contributed by atoms with E-state index in [9.17, 15) is 24.5 Å². The summed E-state index contributed by atoms with van der Waals surface area (Å²) in [5.74, 6) is -0.222. The number of aromatic nitrogens is 1. The maximum absolute atomic E-state index is 14.4. The summed E-state index contributed by atoms with van der Waals surface area (Å²) in [5.41, 5.74) is 1.46. The van der Waals surface area contributed by atoms with Crippen molar-refractivity contribution in [2.45, 2.75) is 51.2 Å². The lowest BCUT2D eigenvalue weighted by Crippen LogP contribution is -2.34. The minimum atomic E-state index is -0.965. The van der Waals surface area contributed by atoms with Crippen LogP contribution in [0.1, 0.15) is 49.3 Å². The molecule has 0 radical (unpaired) electrons. The zero-order valence-electron chi connectivity index (χ0n) is 21.9. The fourth-order valence-electron chi connectivity index (χ4n) is 5.26. The van der Waals surface area contributed by atoms with Crippen LogP contribution in [0.4, 0.5) is 4.39 Å². The standard InChI is InChI=1S/C29H34ClFN2O6/c1-38-26-14-20(6-9-25(26)39-13-12-33-27(34)10-11-28(33)35)18-32(17-19-4-2-3-5-19)24(16-29(36)37)21-7-8-22(30)23(31)15-21/h6-11,14-15,19,24,34-35H,2-5,12-13,16-18H2,1H3,(H,36,37)/t24-/m0/s1. The van der Waals surface area contributed by atoms with E-state index in [1.807, 2.05) is 12.1 Å². The molecular formula is C29H34ClFN2O6. The largest absolute Gasteiger partial charge is 0.494 e. The predicted octanol–water partition coefficient (Wildman–Crippen LogP) is 5.99. The molecule has 39 heavy (non-hydrogen) atoms. The summed E-state index contributed by atoms with van der Waals surface area (Å²) in [6.45, 7) is 1.54. The van der Waals surface area contributed by atoms with Gasteiger partial charge < -0.3 is 24.8 Å². The van der Waals surface area contributed by atoms with E-state index in [0.717, 1.165) is 31.2 Å².